The summed E-state index contributed by atoms with van der Waals surface area (Å²) in [6, 6.07) is 7.56. The van der Waals surface area contributed by atoms with E-state index in [1.807, 2.05) is 31.3 Å². The Morgan fingerprint density at radius 2 is 2.12 bits per heavy atom. The smallest absolute Gasteiger partial charge is 0.177 e. The molecule has 16 heavy (non-hydrogen) atoms. The van der Waals surface area contributed by atoms with E-state index in [0.717, 1.165) is 22.3 Å². The van der Waals surface area contributed by atoms with E-state index in [2.05, 4.69) is 27.1 Å². The van der Waals surface area contributed by atoms with Crippen molar-refractivity contribution in [3.63, 3.8) is 0 Å². The minimum Gasteiger partial charge on any atom is -0.298 e. The van der Waals surface area contributed by atoms with Crippen LogP contribution in [0.3, 0.4) is 0 Å². The van der Waals surface area contributed by atoms with Crippen LogP contribution in [0.15, 0.2) is 28.7 Å². The number of Topliss-reactive ketones (excluding diaryl/α,β-unsaturated/α-hetero) is 1. The Morgan fingerprint density at radius 1 is 1.44 bits per heavy atom. The highest BCUT2D eigenvalue weighted by Gasteiger charge is 2.11. The molecule has 0 fully saturated rings. The van der Waals surface area contributed by atoms with Crippen molar-refractivity contribution in [3.8, 4) is 0 Å². The van der Waals surface area contributed by atoms with Crippen LogP contribution in [-0.2, 0) is 0 Å². The summed E-state index contributed by atoms with van der Waals surface area (Å²) < 4.78 is 0.873. The summed E-state index contributed by atoms with van der Waals surface area (Å²) in [5.74, 6) is 1.22. The van der Waals surface area contributed by atoms with Crippen LogP contribution in [0.1, 0.15) is 10.4 Å². The molecule has 0 spiro atoms. The molecule has 0 unspecified atom stereocenters. The fourth-order valence-corrected chi connectivity index (χ4v) is 2.34. The topological polar surface area (TPSA) is 20.3 Å². The van der Waals surface area contributed by atoms with Crippen LogP contribution in [0.4, 0.5) is 0 Å². The number of nitrogens with zero attached hydrogens (tertiary/aromatic N) is 1. The van der Waals surface area contributed by atoms with Gasteiger partial charge in [0.05, 0.1) is 6.54 Å². The van der Waals surface area contributed by atoms with Crippen molar-refractivity contribution in [2.75, 3.05) is 32.1 Å². The number of likely N-dealkylation sites (N-methyl/N-ethyl adjacent to an activating group) is 1. The van der Waals surface area contributed by atoms with Gasteiger partial charge in [-0.1, -0.05) is 34.1 Å². The van der Waals surface area contributed by atoms with Crippen LogP contribution in [0, 0.1) is 0 Å². The molecule has 0 atom stereocenters. The average molecular weight is 302 g/mol. The molecule has 0 radical (unpaired) electrons. The van der Waals surface area contributed by atoms with Crippen LogP contribution in [0.25, 0.3) is 0 Å². The highest BCUT2D eigenvalue weighted by Crippen LogP contribution is 2.16. The lowest BCUT2D eigenvalue weighted by atomic mass is 10.1. The standard InChI is InChI=1S/C12H16BrNOS/c1-14(7-8-16-2)9-12(15)10-5-3-4-6-11(10)13/h3-6H,7-9H2,1-2H3. The molecular formula is C12H16BrNOS. The van der Waals surface area contributed by atoms with E-state index in [0.29, 0.717) is 6.54 Å². The molecule has 0 heterocycles. The van der Waals surface area contributed by atoms with Crippen LogP contribution in [0.5, 0.6) is 0 Å². The molecule has 1 aromatic rings. The zero-order valence-electron chi connectivity index (χ0n) is 9.57. The minimum atomic E-state index is 0.163. The first kappa shape index (κ1) is 13.7. The molecule has 0 aromatic heterocycles. The molecular weight excluding hydrogens is 286 g/mol. The SMILES string of the molecule is CSCCN(C)CC(=O)c1ccccc1Br. The van der Waals surface area contributed by atoms with Gasteiger partial charge in [-0.15, -0.1) is 0 Å². The van der Waals surface area contributed by atoms with Crippen molar-refractivity contribution in [2.24, 2.45) is 0 Å². The van der Waals surface area contributed by atoms with Gasteiger partial charge in [-0.05, 0) is 19.4 Å². The van der Waals surface area contributed by atoms with Crippen molar-refractivity contribution in [1.29, 1.82) is 0 Å². The van der Waals surface area contributed by atoms with Crippen molar-refractivity contribution in [1.82, 2.24) is 4.90 Å². The fourth-order valence-electron chi connectivity index (χ4n) is 1.34. The van der Waals surface area contributed by atoms with E-state index >= 15 is 0 Å². The van der Waals surface area contributed by atoms with E-state index in [-0.39, 0.29) is 5.78 Å². The number of halogens is 1. The predicted octanol–water partition coefficient (Wildman–Crippen LogP) is 2.93. The van der Waals surface area contributed by atoms with Crippen molar-refractivity contribution < 1.29 is 4.79 Å². The van der Waals surface area contributed by atoms with Gasteiger partial charge in [0.15, 0.2) is 5.78 Å². The molecule has 88 valence electrons. The summed E-state index contributed by atoms with van der Waals surface area (Å²) in [5.41, 5.74) is 0.763. The van der Waals surface area contributed by atoms with Crippen LogP contribution >= 0.6 is 27.7 Å². The molecule has 0 saturated heterocycles. The van der Waals surface area contributed by atoms with Crippen molar-refractivity contribution in [2.45, 2.75) is 0 Å². The average Bonchev–Trinajstić information content (AvgIpc) is 2.26. The third kappa shape index (κ3) is 4.28. The van der Waals surface area contributed by atoms with Gasteiger partial charge in [0, 0.05) is 22.3 Å². The lowest BCUT2D eigenvalue weighted by molar-refractivity contribution is 0.0948. The van der Waals surface area contributed by atoms with Crippen molar-refractivity contribution >= 4 is 33.5 Å². The predicted molar refractivity (Wildman–Crippen MR) is 74.4 cm³/mol. The Hall–Kier alpha value is -0.320. The molecule has 0 N–H and O–H groups in total. The van der Waals surface area contributed by atoms with Gasteiger partial charge in [-0.2, -0.15) is 11.8 Å². The monoisotopic (exact) mass is 301 g/mol. The lowest BCUT2D eigenvalue weighted by Crippen LogP contribution is -2.28. The Kier molecular flexibility index (Phi) is 6.09. The summed E-state index contributed by atoms with van der Waals surface area (Å²) in [6.07, 6.45) is 2.07. The fraction of sp³-hybridized carbons (Fsp3) is 0.417. The Balaban J connectivity index is 2.56. The van der Waals surface area contributed by atoms with Gasteiger partial charge in [0.1, 0.15) is 0 Å². The summed E-state index contributed by atoms with van der Waals surface area (Å²) in [7, 11) is 1.98. The van der Waals surface area contributed by atoms with E-state index < -0.39 is 0 Å². The first-order valence-corrected chi connectivity index (χ1v) is 7.29. The molecule has 0 aliphatic carbocycles. The van der Waals surface area contributed by atoms with E-state index in [1.54, 1.807) is 11.8 Å². The Labute approximate surface area is 110 Å². The first-order chi connectivity index (χ1) is 7.65. The number of carbonyl (C=O) groups excluding carboxylic acids is 1. The van der Waals surface area contributed by atoms with Gasteiger partial charge in [0.2, 0.25) is 0 Å². The molecule has 0 aliphatic heterocycles. The first-order valence-electron chi connectivity index (χ1n) is 5.10. The van der Waals surface area contributed by atoms with Gasteiger partial charge in [-0.3, -0.25) is 9.69 Å². The third-order valence-corrected chi connectivity index (χ3v) is 3.55. The molecule has 4 heteroatoms. The Bertz CT molecular complexity index is 357. The third-order valence-electron chi connectivity index (χ3n) is 2.26. The second-order valence-corrected chi connectivity index (χ2v) is 5.47. The number of rotatable bonds is 6. The zero-order valence-corrected chi connectivity index (χ0v) is 12.0. The molecule has 0 bridgehead atoms. The van der Waals surface area contributed by atoms with Gasteiger partial charge in [-0.25, -0.2) is 0 Å². The molecule has 2 nitrogen and oxygen atoms in total. The van der Waals surface area contributed by atoms with Gasteiger partial charge in [0.25, 0.3) is 0 Å². The van der Waals surface area contributed by atoms with E-state index in [4.69, 9.17) is 0 Å². The summed E-state index contributed by atoms with van der Waals surface area (Å²) in [5, 5.41) is 0. The van der Waals surface area contributed by atoms with Crippen molar-refractivity contribution in [3.05, 3.63) is 34.3 Å². The van der Waals surface area contributed by atoms with E-state index in [9.17, 15) is 4.79 Å². The van der Waals surface area contributed by atoms with Gasteiger partial charge < -0.3 is 0 Å². The number of hydrogen-bond donors (Lipinski definition) is 0. The maximum absolute atomic E-state index is 12.0. The lowest BCUT2D eigenvalue weighted by Gasteiger charge is -2.15. The van der Waals surface area contributed by atoms with Crippen LogP contribution in [-0.4, -0.2) is 42.8 Å². The van der Waals surface area contributed by atoms with Gasteiger partial charge >= 0.3 is 0 Å². The molecule has 0 amide bonds. The summed E-state index contributed by atoms with van der Waals surface area (Å²) in [4.78, 5) is 14.0. The number of thioether (sulfide) groups is 1. The minimum absolute atomic E-state index is 0.163. The molecule has 0 saturated carbocycles. The number of carbonyl (C=O) groups is 1. The second kappa shape index (κ2) is 7.09. The summed E-state index contributed by atoms with van der Waals surface area (Å²) >= 11 is 5.19. The molecule has 1 aromatic carbocycles. The Morgan fingerprint density at radius 3 is 2.75 bits per heavy atom. The summed E-state index contributed by atoms with van der Waals surface area (Å²) in [6.45, 7) is 1.42. The zero-order chi connectivity index (χ0) is 12.0. The number of ketones is 1. The normalized spacial score (nSPS) is 10.8. The van der Waals surface area contributed by atoms with Crippen LogP contribution < -0.4 is 0 Å². The largest absolute Gasteiger partial charge is 0.298 e. The quantitative estimate of drug-likeness (QED) is 0.754. The number of benzene rings is 1. The highest BCUT2D eigenvalue weighted by molar-refractivity contribution is 9.10. The van der Waals surface area contributed by atoms with Crippen LogP contribution in [0.2, 0.25) is 0 Å². The maximum atomic E-state index is 12.0. The second-order valence-electron chi connectivity index (χ2n) is 3.63. The molecule has 1 rings (SSSR count). The van der Waals surface area contributed by atoms with E-state index in [1.165, 1.54) is 0 Å². The number of hydrogen-bond acceptors (Lipinski definition) is 3. The maximum Gasteiger partial charge on any atom is 0.177 e. The molecule has 0 aliphatic rings. The highest BCUT2D eigenvalue weighted by atomic mass is 79.9.